The summed E-state index contributed by atoms with van der Waals surface area (Å²) in [5.41, 5.74) is 1.53. The molecule has 1 aromatic heterocycles. The molecule has 3 aromatic rings. The summed E-state index contributed by atoms with van der Waals surface area (Å²) in [4.78, 5) is 16.3. The molecule has 0 saturated heterocycles. The Labute approximate surface area is 142 Å². The van der Waals surface area contributed by atoms with E-state index in [1.165, 1.54) is 19.2 Å². The number of ether oxygens (including phenoxy) is 2. The van der Waals surface area contributed by atoms with E-state index in [9.17, 15) is 9.18 Å². The van der Waals surface area contributed by atoms with E-state index < -0.39 is 5.82 Å². The first kappa shape index (κ1) is 16.4. The minimum absolute atomic E-state index is 0.0413. The van der Waals surface area contributed by atoms with Crippen LogP contribution in [-0.2, 0) is 22.6 Å². The van der Waals surface area contributed by atoms with Crippen LogP contribution in [0.25, 0.3) is 10.2 Å². The number of nitrogens with zero attached hydrogens (tertiary/aromatic N) is 1. The van der Waals surface area contributed by atoms with Crippen molar-refractivity contribution in [1.29, 1.82) is 0 Å². The molecule has 0 aliphatic carbocycles. The second kappa shape index (κ2) is 7.40. The predicted octanol–water partition coefficient (Wildman–Crippen LogP) is 4.12. The Morgan fingerprint density at radius 1 is 1.25 bits per heavy atom. The van der Waals surface area contributed by atoms with Crippen molar-refractivity contribution in [3.05, 3.63) is 58.9 Å². The molecule has 0 aliphatic rings. The summed E-state index contributed by atoms with van der Waals surface area (Å²) in [5.74, 6) is -0.632. The van der Waals surface area contributed by atoms with Gasteiger partial charge in [0, 0.05) is 6.42 Å². The first-order valence-electron chi connectivity index (χ1n) is 7.48. The van der Waals surface area contributed by atoms with Gasteiger partial charge in [-0.15, -0.1) is 11.3 Å². The topological polar surface area (TPSA) is 48.4 Å². The monoisotopic (exact) mass is 345 g/mol. The summed E-state index contributed by atoms with van der Waals surface area (Å²) in [7, 11) is 1.40. The fourth-order valence-electron chi connectivity index (χ4n) is 2.27. The molecule has 0 unspecified atom stereocenters. The molecule has 4 nitrogen and oxygen atoms in total. The highest BCUT2D eigenvalue weighted by molar-refractivity contribution is 7.18. The van der Waals surface area contributed by atoms with Crippen molar-refractivity contribution in [2.45, 2.75) is 19.4 Å². The van der Waals surface area contributed by atoms with E-state index in [1.54, 1.807) is 17.4 Å². The number of methoxy groups -OCH3 is 1. The molecule has 0 radical (unpaired) electrons. The minimum Gasteiger partial charge on any atom is -0.494 e. The van der Waals surface area contributed by atoms with Crippen molar-refractivity contribution < 1.29 is 18.7 Å². The van der Waals surface area contributed by atoms with Gasteiger partial charge in [-0.3, -0.25) is 4.79 Å². The summed E-state index contributed by atoms with van der Waals surface area (Å²) in [6, 6.07) is 12.3. The molecule has 0 spiro atoms. The number of fused-ring (bicyclic) bond motifs is 1. The van der Waals surface area contributed by atoms with Gasteiger partial charge in [0.1, 0.15) is 6.61 Å². The van der Waals surface area contributed by atoms with Gasteiger partial charge in [-0.05, 0) is 29.8 Å². The second-order valence-electron chi connectivity index (χ2n) is 5.20. The highest BCUT2D eigenvalue weighted by Gasteiger charge is 2.09. The maximum Gasteiger partial charge on any atom is 0.306 e. The molecule has 3 rings (SSSR count). The van der Waals surface area contributed by atoms with Gasteiger partial charge in [0.25, 0.3) is 0 Å². The zero-order chi connectivity index (χ0) is 16.9. The number of carbonyl (C=O) groups excluding carboxylic acids is 1. The van der Waals surface area contributed by atoms with Crippen molar-refractivity contribution >= 4 is 27.5 Å². The lowest BCUT2D eigenvalue weighted by Gasteiger charge is -2.06. The number of thiazole rings is 1. The van der Waals surface area contributed by atoms with Crippen LogP contribution in [0, 0.1) is 5.82 Å². The van der Waals surface area contributed by atoms with Gasteiger partial charge in [0.2, 0.25) is 0 Å². The zero-order valence-electron chi connectivity index (χ0n) is 13.1. The maximum absolute atomic E-state index is 13.6. The molecule has 0 fully saturated rings. The van der Waals surface area contributed by atoms with Crippen LogP contribution in [0.15, 0.2) is 42.5 Å². The summed E-state index contributed by atoms with van der Waals surface area (Å²) in [6.07, 6.45) is 0.785. The first-order valence-corrected chi connectivity index (χ1v) is 8.30. The van der Waals surface area contributed by atoms with Crippen molar-refractivity contribution in [2.24, 2.45) is 0 Å². The van der Waals surface area contributed by atoms with Crippen LogP contribution in [0.2, 0.25) is 0 Å². The average molecular weight is 345 g/mol. The number of halogens is 1. The Balaban J connectivity index is 1.51. The molecule has 6 heteroatoms. The smallest absolute Gasteiger partial charge is 0.306 e. The van der Waals surface area contributed by atoms with E-state index in [1.807, 2.05) is 24.3 Å². The first-order chi connectivity index (χ1) is 11.7. The number of hydrogen-bond acceptors (Lipinski definition) is 5. The summed E-state index contributed by atoms with van der Waals surface area (Å²) < 4.78 is 24.7. The van der Waals surface area contributed by atoms with Crippen molar-refractivity contribution in [3.8, 4) is 5.75 Å². The molecule has 24 heavy (non-hydrogen) atoms. The molecule has 0 saturated carbocycles. The van der Waals surface area contributed by atoms with Gasteiger partial charge in [0.15, 0.2) is 11.6 Å². The lowest BCUT2D eigenvalue weighted by molar-refractivity contribution is -0.144. The van der Waals surface area contributed by atoms with Crippen molar-refractivity contribution in [3.63, 3.8) is 0 Å². The number of aryl methyl sites for hydroxylation is 1. The Bertz CT molecular complexity index is 829. The van der Waals surface area contributed by atoms with Crippen LogP contribution in [0.4, 0.5) is 4.39 Å². The van der Waals surface area contributed by atoms with E-state index in [0.29, 0.717) is 12.0 Å². The third kappa shape index (κ3) is 3.89. The molecule has 0 amide bonds. The molecular weight excluding hydrogens is 329 g/mol. The van der Waals surface area contributed by atoms with Crippen molar-refractivity contribution in [2.75, 3.05) is 7.11 Å². The molecule has 0 atom stereocenters. The van der Waals surface area contributed by atoms with Crippen LogP contribution >= 0.6 is 11.3 Å². The van der Waals surface area contributed by atoms with E-state index in [4.69, 9.17) is 9.47 Å². The van der Waals surface area contributed by atoms with Crippen LogP contribution in [-0.4, -0.2) is 18.1 Å². The predicted molar refractivity (Wildman–Crippen MR) is 90.7 cm³/mol. The van der Waals surface area contributed by atoms with Gasteiger partial charge >= 0.3 is 5.97 Å². The highest BCUT2D eigenvalue weighted by atomic mass is 32.1. The van der Waals surface area contributed by atoms with Crippen molar-refractivity contribution in [1.82, 2.24) is 4.98 Å². The lowest BCUT2D eigenvalue weighted by atomic mass is 10.2. The fourth-order valence-corrected chi connectivity index (χ4v) is 3.24. The number of aromatic nitrogens is 1. The average Bonchev–Trinajstić information content (AvgIpc) is 3.01. The van der Waals surface area contributed by atoms with Crippen LogP contribution in [0.3, 0.4) is 0 Å². The van der Waals surface area contributed by atoms with Gasteiger partial charge in [-0.2, -0.15) is 0 Å². The molecule has 0 bridgehead atoms. The normalized spacial score (nSPS) is 10.8. The number of para-hydroxylation sites is 1. The Morgan fingerprint density at radius 2 is 2.08 bits per heavy atom. The molecular formula is C18H16FNO3S. The minimum atomic E-state index is -0.472. The molecule has 1 heterocycles. The number of hydrogen-bond donors (Lipinski definition) is 0. The second-order valence-corrected chi connectivity index (χ2v) is 6.32. The van der Waals surface area contributed by atoms with Crippen LogP contribution < -0.4 is 4.74 Å². The largest absolute Gasteiger partial charge is 0.494 e. The number of carbonyl (C=O) groups is 1. The summed E-state index contributed by atoms with van der Waals surface area (Å²) in [5, 5.41) is 0.906. The number of rotatable bonds is 6. The maximum atomic E-state index is 13.6. The molecule has 124 valence electrons. The van der Waals surface area contributed by atoms with Crippen LogP contribution in [0.5, 0.6) is 5.75 Å². The molecule has 0 N–H and O–H groups in total. The van der Waals surface area contributed by atoms with Gasteiger partial charge < -0.3 is 9.47 Å². The van der Waals surface area contributed by atoms with Crippen LogP contribution in [0.1, 0.15) is 17.0 Å². The van der Waals surface area contributed by atoms with E-state index in [2.05, 4.69) is 4.98 Å². The van der Waals surface area contributed by atoms with Gasteiger partial charge in [-0.1, -0.05) is 18.2 Å². The Morgan fingerprint density at radius 3 is 2.83 bits per heavy atom. The summed E-state index contributed by atoms with van der Waals surface area (Å²) in [6.45, 7) is 0.0413. The number of benzene rings is 2. The number of esters is 1. The molecule has 2 aromatic carbocycles. The van der Waals surface area contributed by atoms with E-state index >= 15 is 0 Å². The standard InChI is InChI=1S/C18H16FNO3S/c1-22-15-7-6-12(10-13(15)19)11-23-18(21)9-8-17-20-14-4-2-3-5-16(14)24-17/h2-7,10H,8-9,11H2,1H3. The highest BCUT2D eigenvalue weighted by Crippen LogP contribution is 2.22. The fraction of sp³-hybridized carbons (Fsp3) is 0.222. The SMILES string of the molecule is COc1ccc(COC(=O)CCc2nc3ccccc3s2)cc1F. The zero-order valence-corrected chi connectivity index (χ0v) is 13.9. The third-order valence-corrected chi connectivity index (χ3v) is 4.59. The van der Waals surface area contributed by atoms with Gasteiger partial charge in [0.05, 0.1) is 28.8 Å². The van der Waals surface area contributed by atoms with E-state index in [-0.39, 0.29) is 24.7 Å². The molecule has 0 aliphatic heterocycles. The Kier molecular flexibility index (Phi) is 5.05. The third-order valence-electron chi connectivity index (χ3n) is 3.50. The van der Waals surface area contributed by atoms with E-state index in [0.717, 1.165) is 15.2 Å². The Hall–Kier alpha value is -2.47. The lowest BCUT2D eigenvalue weighted by Crippen LogP contribution is -2.06. The van der Waals surface area contributed by atoms with Gasteiger partial charge in [-0.25, -0.2) is 9.37 Å². The quantitative estimate of drug-likeness (QED) is 0.631. The summed E-state index contributed by atoms with van der Waals surface area (Å²) >= 11 is 1.58.